The second-order valence-electron chi connectivity index (χ2n) is 12.0. The molecule has 2 aliphatic heterocycles. The van der Waals surface area contributed by atoms with Crippen LogP contribution in [0, 0.1) is 5.92 Å². The quantitative estimate of drug-likeness (QED) is 0.162. The average Bonchev–Trinajstić information content (AvgIpc) is 3.54. The maximum atomic E-state index is 14.3. The molecule has 1 N–H and O–H groups in total. The molecule has 0 bridgehead atoms. The number of rotatable bonds is 8. The van der Waals surface area contributed by atoms with E-state index < -0.39 is 29.0 Å². The number of ether oxygens (including phenoxy) is 1. The standard InChI is InChI=1S/C37H32N4O6S2/c1-4-47-36(45)23-14-18-25(19-15-23)41-33(43)30-29(22-12-16-24(17-13-22)39(2)3)32-35(48-31(30)34(41)44)40(37(46)49-32)20-28(42)38-27-11-7-9-21-8-5-6-10-26(21)27/h5-19,29-31H,4,20H2,1-3H3,(H,38,42). The summed E-state index contributed by atoms with van der Waals surface area (Å²) in [6.45, 7) is 1.68. The molecular weight excluding hydrogens is 661 g/mol. The molecule has 1 aromatic heterocycles. The third-order valence-electron chi connectivity index (χ3n) is 8.82. The first-order chi connectivity index (χ1) is 23.7. The van der Waals surface area contributed by atoms with Crippen LogP contribution in [-0.2, 0) is 25.7 Å². The molecule has 4 aromatic carbocycles. The number of hydrogen-bond acceptors (Lipinski definition) is 9. The van der Waals surface area contributed by atoms with Gasteiger partial charge >= 0.3 is 10.8 Å². The lowest BCUT2D eigenvalue weighted by atomic mass is 9.83. The molecule has 0 saturated carbocycles. The molecule has 49 heavy (non-hydrogen) atoms. The number of fused-ring (bicyclic) bond motifs is 3. The Bertz CT molecular complexity index is 2170. The highest BCUT2D eigenvalue weighted by molar-refractivity contribution is 8.00. The average molecular weight is 693 g/mol. The number of esters is 1. The minimum atomic E-state index is -0.843. The molecular formula is C37H32N4O6S2. The van der Waals surface area contributed by atoms with Crippen LogP contribution in [0.2, 0.25) is 0 Å². The first-order valence-electron chi connectivity index (χ1n) is 15.8. The number of benzene rings is 4. The molecule has 3 atom stereocenters. The van der Waals surface area contributed by atoms with Crippen molar-refractivity contribution in [2.75, 3.05) is 35.8 Å². The maximum absolute atomic E-state index is 14.3. The number of aromatic nitrogens is 1. The Labute approximate surface area is 290 Å². The minimum Gasteiger partial charge on any atom is -0.462 e. The van der Waals surface area contributed by atoms with E-state index in [1.807, 2.05) is 85.7 Å². The van der Waals surface area contributed by atoms with Crippen LogP contribution in [0.1, 0.15) is 33.6 Å². The van der Waals surface area contributed by atoms with Crippen LogP contribution in [0.3, 0.4) is 0 Å². The zero-order valence-corrected chi connectivity index (χ0v) is 28.5. The van der Waals surface area contributed by atoms with Crippen molar-refractivity contribution in [2.45, 2.75) is 29.7 Å². The summed E-state index contributed by atoms with van der Waals surface area (Å²) >= 11 is 2.16. The summed E-state index contributed by atoms with van der Waals surface area (Å²) in [5.41, 5.74) is 3.03. The second kappa shape index (κ2) is 13.0. The van der Waals surface area contributed by atoms with Crippen molar-refractivity contribution < 1.29 is 23.9 Å². The van der Waals surface area contributed by atoms with Gasteiger partial charge in [0, 0.05) is 41.7 Å². The highest BCUT2D eigenvalue weighted by Gasteiger charge is 2.56. The summed E-state index contributed by atoms with van der Waals surface area (Å²) in [5.74, 6) is -3.08. The van der Waals surface area contributed by atoms with Gasteiger partial charge in [0.05, 0.1) is 28.8 Å². The fourth-order valence-electron chi connectivity index (χ4n) is 6.48. The number of carbonyl (C=O) groups excluding carboxylic acids is 4. The zero-order chi connectivity index (χ0) is 34.4. The Morgan fingerprint density at radius 2 is 1.59 bits per heavy atom. The number of carbonyl (C=O) groups is 4. The minimum absolute atomic E-state index is 0.223. The Kier molecular flexibility index (Phi) is 8.59. The first-order valence-corrected chi connectivity index (χ1v) is 17.5. The number of thioether (sulfide) groups is 1. The van der Waals surface area contributed by atoms with Gasteiger partial charge < -0.3 is 15.0 Å². The Morgan fingerprint density at radius 3 is 2.31 bits per heavy atom. The molecule has 10 nitrogen and oxygen atoms in total. The third kappa shape index (κ3) is 5.80. The van der Waals surface area contributed by atoms with Crippen LogP contribution in [0.25, 0.3) is 10.8 Å². The van der Waals surface area contributed by atoms with E-state index in [-0.39, 0.29) is 29.8 Å². The Balaban J connectivity index is 1.25. The molecule has 0 spiro atoms. The maximum Gasteiger partial charge on any atom is 0.338 e. The molecule has 7 rings (SSSR count). The number of anilines is 3. The van der Waals surface area contributed by atoms with E-state index in [1.54, 1.807) is 19.1 Å². The van der Waals surface area contributed by atoms with E-state index in [2.05, 4.69) is 5.32 Å². The SMILES string of the molecule is CCOC(=O)c1ccc(N2C(=O)C3Sc4c(sc(=O)n4CC(=O)Nc4cccc5ccccc45)C(c4ccc(N(C)C)cc4)C3C2=O)cc1. The van der Waals surface area contributed by atoms with Gasteiger partial charge in [0.2, 0.25) is 17.7 Å². The lowest BCUT2D eigenvalue weighted by Crippen LogP contribution is -2.33. The molecule has 0 aliphatic carbocycles. The van der Waals surface area contributed by atoms with Gasteiger partial charge in [-0.05, 0) is 60.3 Å². The summed E-state index contributed by atoms with van der Waals surface area (Å²) in [7, 11) is 3.86. The van der Waals surface area contributed by atoms with Crippen LogP contribution in [0.4, 0.5) is 17.1 Å². The van der Waals surface area contributed by atoms with Crippen molar-refractivity contribution in [1.29, 1.82) is 0 Å². The van der Waals surface area contributed by atoms with Gasteiger partial charge in [-0.25, -0.2) is 9.69 Å². The molecule has 3 amide bonds. The fourth-order valence-corrected chi connectivity index (χ4v) is 9.25. The van der Waals surface area contributed by atoms with Crippen molar-refractivity contribution in [2.24, 2.45) is 5.92 Å². The summed E-state index contributed by atoms with van der Waals surface area (Å²) < 4.78 is 6.49. The van der Waals surface area contributed by atoms with E-state index >= 15 is 0 Å². The third-order valence-corrected chi connectivity index (χ3v) is 11.4. The highest BCUT2D eigenvalue weighted by atomic mass is 32.2. The Hall–Kier alpha value is -5.20. The van der Waals surface area contributed by atoms with E-state index in [1.165, 1.54) is 21.6 Å². The van der Waals surface area contributed by atoms with Crippen molar-refractivity contribution >= 4 is 74.6 Å². The van der Waals surface area contributed by atoms with Gasteiger partial charge in [-0.3, -0.25) is 23.7 Å². The normalized spacial score (nSPS) is 18.3. The summed E-state index contributed by atoms with van der Waals surface area (Å²) in [6.07, 6.45) is 0. The summed E-state index contributed by atoms with van der Waals surface area (Å²) in [6, 6.07) is 27.3. The van der Waals surface area contributed by atoms with Crippen LogP contribution in [0.5, 0.6) is 0 Å². The number of thiazole rings is 1. The zero-order valence-electron chi connectivity index (χ0n) is 26.9. The first kappa shape index (κ1) is 32.4. The van der Waals surface area contributed by atoms with Gasteiger partial charge in [0.1, 0.15) is 11.8 Å². The molecule has 12 heteroatoms. The summed E-state index contributed by atoms with van der Waals surface area (Å²) in [4.78, 5) is 71.1. The smallest absolute Gasteiger partial charge is 0.338 e. The second-order valence-corrected chi connectivity index (χ2v) is 14.1. The lowest BCUT2D eigenvalue weighted by molar-refractivity contribution is -0.122. The van der Waals surface area contributed by atoms with Crippen LogP contribution < -0.4 is 20.0 Å². The molecule has 2 aliphatic rings. The molecule has 1 fully saturated rings. The molecule has 248 valence electrons. The van der Waals surface area contributed by atoms with Crippen molar-refractivity contribution in [3.63, 3.8) is 0 Å². The van der Waals surface area contributed by atoms with Crippen molar-refractivity contribution in [1.82, 2.24) is 4.57 Å². The fraction of sp³-hybridized carbons (Fsp3) is 0.216. The number of hydrogen-bond donors (Lipinski definition) is 1. The largest absolute Gasteiger partial charge is 0.462 e. The number of nitrogens with one attached hydrogen (secondary N) is 1. The van der Waals surface area contributed by atoms with Crippen LogP contribution in [0.15, 0.2) is 101 Å². The van der Waals surface area contributed by atoms with E-state index in [9.17, 15) is 24.0 Å². The molecule has 0 radical (unpaired) electrons. The molecule has 5 aromatic rings. The Morgan fingerprint density at radius 1 is 0.878 bits per heavy atom. The van der Waals surface area contributed by atoms with Crippen LogP contribution in [-0.4, -0.2) is 54.2 Å². The van der Waals surface area contributed by atoms with Gasteiger partial charge in [-0.15, -0.1) is 0 Å². The monoisotopic (exact) mass is 692 g/mol. The number of imide groups is 1. The van der Waals surface area contributed by atoms with Crippen LogP contribution >= 0.6 is 23.1 Å². The number of nitrogens with zero attached hydrogens (tertiary/aromatic N) is 3. The van der Waals surface area contributed by atoms with Crippen molar-refractivity contribution in [3.05, 3.63) is 117 Å². The van der Waals surface area contributed by atoms with Crippen molar-refractivity contribution in [3.8, 4) is 0 Å². The van der Waals surface area contributed by atoms with E-state index in [0.717, 1.165) is 45.1 Å². The molecule has 1 saturated heterocycles. The topological polar surface area (TPSA) is 118 Å². The van der Waals surface area contributed by atoms with Gasteiger partial charge in [0.15, 0.2) is 0 Å². The van der Waals surface area contributed by atoms with E-state index in [0.29, 0.717) is 26.8 Å². The van der Waals surface area contributed by atoms with Gasteiger partial charge in [-0.2, -0.15) is 0 Å². The predicted molar refractivity (Wildman–Crippen MR) is 192 cm³/mol. The van der Waals surface area contributed by atoms with E-state index in [4.69, 9.17) is 4.74 Å². The van der Waals surface area contributed by atoms with Gasteiger partial charge in [-0.1, -0.05) is 71.6 Å². The van der Waals surface area contributed by atoms with Gasteiger partial charge in [0.25, 0.3) is 0 Å². The number of amides is 3. The predicted octanol–water partition coefficient (Wildman–Crippen LogP) is 5.74. The lowest BCUT2D eigenvalue weighted by Gasteiger charge is -2.31. The summed E-state index contributed by atoms with van der Waals surface area (Å²) in [5, 5.41) is 4.47. The molecule has 3 unspecified atom stereocenters. The molecule has 3 heterocycles. The highest BCUT2D eigenvalue weighted by Crippen LogP contribution is 2.54.